The van der Waals surface area contributed by atoms with Gasteiger partial charge < -0.3 is 5.32 Å². The number of Topliss-reactive ketones (excluding diaryl/α,β-unsaturated/α-hetero) is 1. The fraction of sp³-hybridized carbons (Fsp3) is 0.273. The summed E-state index contributed by atoms with van der Waals surface area (Å²) >= 11 is 1.52. The summed E-state index contributed by atoms with van der Waals surface area (Å²) in [5, 5.41) is 2.72. The van der Waals surface area contributed by atoms with E-state index in [2.05, 4.69) is 5.32 Å². The summed E-state index contributed by atoms with van der Waals surface area (Å²) in [6, 6.07) is 5.40. The molecule has 1 N–H and O–H groups in total. The van der Waals surface area contributed by atoms with E-state index < -0.39 is 0 Å². The van der Waals surface area contributed by atoms with Gasteiger partial charge in [-0.05, 0) is 26.0 Å². The fourth-order valence-corrected chi connectivity index (χ4v) is 2.36. The predicted octanol–water partition coefficient (Wildman–Crippen LogP) is 2.32. The van der Waals surface area contributed by atoms with Crippen LogP contribution < -0.4 is 5.32 Å². The molecule has 0 saturated carbocycles. The van der Waals surface area contributed by atoms with Gasteiger partial charge in [-0.2, -0.15) is 0 Å². The molecule has 2 rings (SSSR count). The maximum Gasteiger partial charge on any atom is 0.237 e. The molecule has 1 aliphatic rings. The van der Waals surface area contributed by atoms with Gasteiger partial charge in [-0.1, -0.05) is 6.07 Å². The number of fused-ring (bicyclic) bond motifs is 1. The lowest BCUT2D eigenvalue weighted by atomic mass is 10.1. The van der Waals surface area contributed by atoms with E-state index in [0.717, 1.165) is 10.6 Å². The fourth-order valence-electron chi connectivity index (χ4n) is 1.43. The Morgan fingerprint density at radius 1 is 1.47 bits per heavy atom. The summed E-state index contributed by atoms with van der Waals surface area (Å²) in [5.41, 5.74) is 1.38. The number of hydrogen-bond donors (Lipinski definition) is 1. The Hall–Kier alpha value is -1.29. The van der Waals surface area contributed by atoms with Crippen molar-refractivity contribution in [3.05, 3.63) is 23.8 Å². The number of hydrogen-bond acceptors (Lipinski definition) is 3. The highest BCUT2D eigenvalue weighted by atomic mass is 32.2. The number of ketones is 1. The third-order valence-electron chi connectivity index (χ3n) is 2.32. The molecule has 1 amide bonds. The van der Waals surface area contributed by atoms with Crippen LogP contribution in [-0.2, 0) is 4.79 Å². The van der Waals surface area contributed by atoms with Gasteiger partial charge in [0.15, 0.2) is 5.78 Å². The third-order valence-corrected chi connectivity index (χ3v) is 3.49. The first kappa shape index (κ1) is 10.2. The molecule has 78 valence electrons. The van der Waals surface area contributed by atoms with Crippen LogP contribution in [0, 0.1) is 0 Å². The minimum atomic E-state index is -0.0688. The van der Waals surface area contributed by atoms with Crippen LogP contribution in [0.15, 0.2) is 23.1 Å². The molecule has 1 aromatic rings. The molecule has 1 atom stereocenters. The molecule has 0 radical (unpaired) electrons. The van der Waals surface area contributed by atoms with Crippen molar-refractivity contribution in [3.63, 3.8) is 0 Å². The van der Waals surface area contributed by atoms with Crippen molar-refractivity contribution in [2.45, 2.75) is 24.0 Å². The maximum absolute atomic E-state index is 11.4. The Morgan fingerprint density at radius 3 is 2.87 bits per heavy atom. The lowest BCUT2D eigenvalue weighted by molar-refractivity contribution is -0.115. The number of thioether (sulfide) groups is 1. The van der Waals surface area contributed by atoms with Crippen LogP contribution >= 0.6 is 11.8 Å². The monoisotopic (exact) mass is 221 g/mol. The Balaban J connectivity index is 2.41. The van der Waals surface area contributed by atoms with Gasteiger partial charge >= 0.3 is 0 Å². The number of amides is 1. The highest BCUT2D eigenvalue weighted by Gasteiger charge is 2.23. The topological polar surface area (TPSA) is 46.2 Å². The molecule has 0 spiro atoms. The molecule has 4 heteroatoms. The van der Waals surface area contributed by atoms with Gasteiger partial charge in [0, 0.05) is 10.5 Å². The number of rotatable bonds is 1. The van der Waals surface area contributed by atoms with Crippen LogP contribution in [-0.4, -0.2) is 16.9 Å². The molecular formula is C11H11NO2S. The van der Waals surface area contributed by atoms with Crippen LogP contribution in [0.4, 0.5) is 5.69 Å². The lowest BCUT2D eigenvalue weighted by Gasteiger charge is -2.21. The van der Waals surface area contributed by atoms with Gasteiger partial charge in [-0.15, -0.1) is 11.8 Å². The van der Waals surface area contributed by atoms with Gasteiger partial charge in [0.1, 0.15) is 0 Å². The number of benzene rings is 1. The second kappa shape index (κ2) is 3.70. The smallest absolute Gasteiger partial charge is 0.237 e. The zero-order valence-electron chi connectivity index (χ0n) is 8.53. The van der Waals surface area contributed by atoms with Gasteiger partial charge in [-0.25, -0.2) is 0 Å². The number of carbonyl (C=O) groups excluding carboxylic acids is 2. The summed E-state index contributed by atoms with van der Waals surface area (Å²) in [5.74, 6) is 0.00359. The highest BCUT2D eigenvalue weighted by molar-refractivity contribution is 8.00. The first-order chi connectivity index (χ1) is 7.08. The van der Waals surface area contributed by atoms with Crippen molar-refractivity contribution >= 4 is 29.1 Å². The molecule has 1 unspecified atom stereocenters. The minimum absolute atomic E-state index is 0.00629. The van der Waals surface area contributed by atoms with E-state index in [1.54, 1.807) is 12.1 Å². The van der Waals surface area contributed by atoms with E-state index in [9.17, 15) is 9.59 Å². The summed E-state index contributed by atoms with van der Waals surface area (Å²) in [4.78, 5) is 23.6. The second-order valence-electron chi connectivity index (χ2n) is 3.52. The quantitative estimate of drug-likeness (QED) is 0.740. The highest BCUT2D eigenvalue weighted by Crippen LogP contribution is 2.35. The lowest BCUT2D eigenvalue weighted by Crippen LogP contribution is -2.26. The van der Waals surface area contributed by atoms with Crippen LogP contribution in [0.2, 0.25) is 0 Å². The van der Waals surface area contributed by atoms with E-state index in [1.807, 2.05) is 13.0 Å². The molecule has 0 fully saturated rings. The van der Waals surface area contributed by atoms with Crippen LogP contribution in [0.1, 0.15) is 24.2 Å². The average Bonchev–Trinajstić information content (AvgIpc) is 2.19. The summed E-state index contributed by atoms with van der Waals surface area (Å²) < 4.78 is 0. The van der Waals surface area contributed by atoms with Crippen molar-refractivity contribution in [1.82, 2.24) is 0 Å². The Bertz CT molecular complexity index is 442. The van der Waals surface area contributed by atoms with Crippen LogP contribution in [0.3, 0.4) is 0 Å². The standard InChI is InChI=1S/C11H11NO2S/c1-6(13)8-3-4-10-9(5-8)12-11(14)7(2)15-10/h3-5,7H,1-2H3,(H,12,14). The predicted molar refractivity (Wildman–Crippen MR) is 60.4 cm³/mol. The first-order valence-electron chi connectivity index (χ1n) is 4.70. The zero-order chi connectivity index (χ0) is 11.0. The molecule has 0 aromatic heterocycles. The van der Waals surface area contributed by atoms with E-state index in [4.69, 9.17) is 0 Å². The SMILES string of the molecule is CC(=O)c1ccc2c(c1)NC(=O)C(C)S2. The van der Waals surface area contributed by atoms with Crippen LogP contribution in [0.25, 0.3) is 0 Å². The van der Waals surface area contributed by atoms with Crippen molar-refractivity contribution < 1.29 is 9.59 Å². The Kier molecular flexibility index (Phi) is 2.52. The zero-order valence-corrected chi connectivity index (χ0v) is 9.35. The van der Waals surface area contributed by atoms with Gasteiger partial charge in [0.2, 0.25) is 5.91 Å². The first-order valence-corrected chi connectivity index (χ1v) is 5.58. The van der Waals surface area contributed by atoms with Gasteiger partial charge in [0.25, 0.3) is 0 Å². The Labute approximate surface area is 92.2 Å². The molecular weight excluding hydrogens is 210 g/mol. The van der Waals surface area contributed by atoms with Crippen molar-refractivity contribution in [1.29, 1.82) is 0 Å². The van der Waals surface area contributed by atoms with E-state index >= 15 is 0 Å². The average molecular weight is 221 g/mol. The van der Waals surface area contributed by atoms with Crippen LogP contribution in [0.5, 0.6) is 0 Å². The normalized spacial score (nSPS) is 19.3. The molecule has 0 saturated heterocycles. The maximum atomic E-state index is 11.4. The largest absolute Gasteiger partial charge is 0.324 e. The molecule has 1 aromatic carbocycles. The molecule has 0 aliphatic carbocycles. The molecule has 15 heavy (non-hydrogen) atoms. The third kappa shape index (κ3) is 1.90. The molecule has 3 nitrogen and oxygen atoms in total. The Morgan fingerprint density at radius 2 is 2.20 bits per heavy atom. The number of anilines is 1. The molecule has 1 heterocycles. The molecule has 1 aliphatic heterocycles. The van der Waals surface area contributed by atoms with Crippen molar-refractivity contribution in [3.8, 4) is 0 Å². The van der Waals surface area contributed by atoms with E-state index in [-0.39, 0.29) is 16.9 Å². The number of carbonyl (C=O) groups is 2. The summed E-state index contributed by atoms with van der Waals surface area (Å²) in [6.07, 6.45) is 0. The summed E-state index contributed by atoms with van der Waals surface area (Å²) in [7, 11) is 0. The second-order valence-corrected chi connectivity index (χ2v) is 4.90. The van der Waals surface area contributed by atoms with Gasteiger partial charge in [-0.3, -0.25) is 9.59 Å². The van der Waals surface area contributed by atoms with Gasteiger partial charge in [0.05, 0.1) is 10.9 Å². The van der Waals surface area contributed by atoms with E-state index in [0.29, 0.717) is 5.56 Å². The minimum Gasteiger partial charge on any atom is -0.324 e. The summed E-state index contributed by atoms with van der Waals surface area (Å²) in [6.45, 7) is 3.38. The van der Waals surface area contributed by atoms with Crippen molar-refractivity contribution in [2.24, 2.45) is 0 Å². The number of nitrogens with one attached hydrogen (secondary N) is 1. The van der Waals surface area contributed by atoms with Crippen molar-refractivity contribution in [2.75, 3.05) is 5.32 Å². The molecule has 0 bridgehead atoms. The van der Waals surface area contributed by atoms with E-state index in [1.165, 1.54) is 18.7 Å².